The van der Waals surface area contributed by atoms with E-state index in [1.807, 2.05) is 121 Å². The molecule has 0 aliphatic carbocycles. The molecule has 0 saturated heterocycles. The maximum Gasteiger partial charge on any atom is 0.193 e. The summed E-state index contributed by atoms with van der Waals surface area (Å²) in [6, 6.07) is 42.0. The molecule has 0 aliphatic heterocycles. The summed E-state index contributed by atoms with van der Waals surface area (Å²) in [7, 11) is 0. The summed E-state index contributed by atoms with van der Waals surface area (Å²) in [5, 5.41) is 0. The summed E-state index contributed by atoms with van der Waals surface area (Å²) in [6.07, 6.45) is 0. The Morgan fingerprint density at radius 2 is 0.912 bits per heavy atom. The van der Waals surface area contributed by atoms with Crippen LogP contribution in [0.3, 0.4) is 0 Å². The Bertz CT molecular complexity index is 1370. The molecule has 0 radical (unpaired) electrons. The Hall–Kier alpha value is -4.63. The molecule has 0 spiro atoms. The van der Waals surface area contributed by atoms with Crippen LogP contribution in [0.1, 0.15) is 15.9 Å². The lowest BCUT2D eigenvalue weighted by molar-refractivity contribution is 0.103. The van der Waals surface area contributed by atoms with Gasteiger partial charge in [0.2, 0.25) is 0 Å². The average molecular weight is 443 g/mol. The summed E-state index contributed by atoms with van der Waals surface area (Å²) in [5.41, 5.74) is 3.24. The number of para-hydroxylation sites is 2. The molecule has 0 unspecified atom stereocenters. The number of benzene rings is 5. The highest BCUT2D eigenvalue weighted by molar-refractivity contribution is 6.09. The van der Waals surface area contributed by atoms with Gasteiger partial charge in [0.05, 0.1) is 0 Å². The predicted molar refractivity (Wildman–Crippen MR) is 135 cm³/mol. The number of hydrogen-bond donors (Lipinski definition) is 0. The van der Waals surface area contributed by atoms with Crippen LogP contribution in [-0.2, 0) is 0 Å². The van der Waals surface area contributed by atoms with Crippen molar-refractivity contribution in [2.24, 2.45) is 0 Å². The first kappa shape index (κ1) is 21.2. The fourth-order valence-corrected chi connectivity index (χ4v) is 3.65. The summed E-state index contributed by atoms with van der Waals surface area (Å²) in [4.78, 5) is 13.1. The number of rotatable bonds is 7. The molecule has 0 saturated carbocycles. The first-order valence-corrected chi connectivity index (χ1v) is 11.1. The van der Waals surface area contributed by atoms with E-state index < -0.39 is 0 Å². The minimum absolute atomic E-state index is 0.0304. The zero-order chi connectivity index (χ0) is 23.2. The van der Waals surface area contributed by atoms with Crippen LogP contribution in [0.5, 0.6) is 23.0 Å². The molecule has 0 N–H and O–H groups in total. The summed E-state index contributed by atoms with van der Waals surface area (Å²) in [5.74, 6) is 2.98. The molecule has 5 aromatic carbocycles. The highest BCUT2D eigenvalue weighted by atomic mass is 16.5. The van der Waals surface area contributed by atoms with Crippen molar-refractivity contribution in [1.29, 1.82) is 0 Å². The van der Waals surface area contributed by atoms with E-state index in [-0.39, 0.29) is 5.78 Å². The monoisotopic (exact) mass is 442 g/mol. The highest BCUT2D eigenvalue weighted by Gasteiger charge is 2.11. The Kier molecular flexibility index (Phi) is 6.17. The molecule has 0 aromatic heterocycles. The lowest BCUT2D eigenvalue weighted by Gasteiger charge is -2.09. The first-order valence-electron chi connectivity index (χ1n) is 11.1. The smallest absolute Gasteiger partial charge is 0.193 e. The molecule has 0 bridgehead atoms. The van der Waals surface area contributed by atoms with Crippen LogP contribution in [0.15, 0.2) is 133 Å². The van der Waals surface area contributed by atoms with Gasteiger partial charge in [-0.2, -0.15) is 0 Å². The third-order valence-corrected chi connectivity index (χ3v) is 5.39. The van der Waals surface area contributed by atoms with E-state index in [9.17, 15) is 4.79 Å². The van der Waals surface area contributed by atoms with Gasteiger partial charge in [-0.25, -0.2) is 0 Å². The zero-order valence-electron chi connectivity index (χ0n) is 18.4. The van der Waals surface area contributed by atoms with E-state index in [4.69, 9.17) is 9.47 Å². The predicted octanol–water partition coefficient (Wildman–Crippen LogP) is 8.17. The first-order chi connectivity index (χ1) is 16.7. The van der Waals surface area contributed by atoms with Gasteiger partial charge in [-0.3, -0.25) is 4.79 Å². The number of carbonyl (C=O) groups excluding carboxylic acids is 1. The SMILES string of the molecule is O=C(c1ccc(Oc2ccccc2)cc1)c1cccc(-c2ccc(Oc3ccccc3)cc2)c1. The van der Waals surface area contributed by atoms with Gasteiger partial charge in [0.25, 0.3) is 0 Å². The number of carbonyl (C=O) groups is 1. The molecular formula is C31H22O3. The molecule has 3 nitrogen and oxygen atoms in total. The molecule has 0 atom stereocenters. The third kappa shape index (κ3) is 5.05. The van der Waals surface area contributed by atoms with Gasteiger partial charge in [-0.15, -0.1) is 0 Å². The fourth-order valence-electron chi connectivity index (χ4n) is 3.65. The largest absolute Gasteiger partial charge is 0.457 e. The van der Waals surface area contributed by atoms with E-state index in [1.54, 1.807) is 12.1 Å². The zero-order valence-corrected chi connectivity index (χ0v) is 18.4. The van der Waals surface area contributed by atoms with Crippen molar-refractivity contribution in [2.45, 2.75) is 0 Å². The van der Waals surface area contributed by atoms with Crippen molar-refractivity contribution >= 4 is 5.78 Å². The molecule has 164 valence electrons. The second kappa shape index (κ2) is 9.88. The summed E-state index contributed by atoms with van der Waals surface area (Å²) < 4.78 is 11.7. The molecule has 0 fully saturated rings. The van der Waals surface area contributed by atoms with Crippen molar-refractivity contribution in [3.8, 4) is 34.1 Å². The molecule has 5 rings (SSSR count). The molecular weight excluding hydrogens is 420 g/mol. The molecule has 0 amide bonds. The Morgan fingerprint density at radius 1 is 0.412 bits per heavy atom. The lowest BCUT2D eigenvalue weighted by atomic mass is 9.98. The maximum absolute atomic E-state index is 13.1. The van der Waals surface area contributed by atoms with E-state index in [0.29, 0.717) is 16.9 Å². The van der Waals surface area contributed by atoms with Crippen molar-refractivity contribution in [2.75, 3.05) is 0 Å². The van der Waals surface area contributed by atoms with Crippen LogP contribution in [-0.4, -0.2) is 5.78 Å². The van der Waals surface area contributed by atoms with Crippen LogP contribution in [0, 0.1) is 0 Å². The molecule has 3 heteroatoms. The Morgan fingerprint density at radius 3 is 1.47 bits per heavy atom. The van der Waals surface area contributed by atoms with Crippen molar-refractivity contribution in [3.63, 3.8) is 0 Å². The number of hydrogen-bond acceptors (Lipinski definition) is 3. The van der Waals surface area contributed by atoms with Crippen LogP contribution in [0.4, 0.5) is 0 Å². The lowest BCUT2D eigenvalue weighted by Crippen LogP contribution is -2.01. The van der Waals surface area contributed by atoms with Crippen LogP contribution in [0.2, 0.25) is 0 Å². The van der Waals surface area contributed by atoms with Gasteiger partial charge >= 0.3 is 0 Å². The van der Waals surface area contributed by atoms with Gasteiger partial charge < -0.3 is 9.47 Å². The average Bonchev–Trinajstić information content (AvgIpc) is 2.90. The van der Waals surface area contributed by atoms with Crippen LogP contribution < -0.4 is 9.47 Å². The van der Waals surface area contributed by atoms with E-state index in [0.717, 1.165) is 28.4 Å². The fraction of sp³-hybridized carbons (Fsp3) is 0. The van der Waals surface area contributed by atoms with Gasteiger partial charge in [-0.05, 0) is 77.9 Å². The third-order valence-electron chi connectivity index (χ3n) is 5.39. The quantitative estimate of drug-likeness (QED) is 0.238. The molecule has 0 heterocycles. The van der Waals surface area contributed by atoms with E-state index >= 15 is 0 Å². The molecule has 34 heavy (non-hydrogen) atoms. The minimum Gasteiger partial charge on any atom is -0.457 e. The standard InChI is InChI=1S/C31H22O3/c32-31(24-16-20-30(21-17-24)34-28-12-5-2-6-13-28)26-9-7-8-25(22-26)23-14-18-29(19-15-23)33-27-10-3-1-4-11-27/h1-22H. The van der Waals surface area contributed by atoms with Gasteiger partial charge in [0.15, 0.2) is 5.78 Å². The van der Waals surface area contributed by atoms with Crippen molar-refractivity contribution < 1.29 is 14.3 Å². The molecule has 5 aromatic rings. The minimum atomic E-state index is -0.0304. The highest BCUT2D eigenvalue weighted by Crippen LogP contribution is 2.27. The van der Waals surface area contributed by atoms with Crippen LogP contribution >= 0.6 is 0 Å². The van der Waals surface area contributed by atoms with Crippen LogP contribution in [0.25, 0.3) is 11.1 Å². The normalized spacial score (nSPS) is 10.5. The van der Waals surface area contributed by atoms with Gasteiger partial charge in [0.1, 0.15) is 23.0 Å². The Labute approximate surface area is 198 Å². The van der Waals surface area contributed by atoms with E-state index in [1.165, 1.54) is 0 Å². The van der Waals surface area contributed by atoms with E-state index in [2.05, 4.69) is 0 Å². The topological polar surface area (TPSA) is 35.5 Å². The maximum atomic E-state index is 13.1. The van der Waals surface area contributed by atoms with Crippen molar-refractivity contribution in [3.05, 3.63) is 145 Å². The number of ether oxygens (including phenoxy) is 2. The Balaban J connectivity index is 1.30. The number of ketones is 1. The van der Waals surface area contributed by atoms with Crippen molar-refractivity contribution in [1.82, 2.24) is 0 Å². The van der Waals surface area contributed by atoms with Gasteiger partial charge in [-0.1, -0.05) is 66.7 Å². The summed E-state index contributed by atoms with van der Waals surface area (Å²) in [6.45, 7) is 0. The second-order valence-electron chi connectivity index (χ2n) is 7.79. The second-order valence-corrected chi connectivity index (χ2v) is 7.79. The summed E-state index contributed by atoms with van der Waals surface area (Å²) >= 11 is 0. The molecule has 0 aliphatic rings. The van der Waals surface area contributed by atoms with Gasteiger partial charge in [0, 0.05) is 11.1 Å².